The second kappa shape index (κ2) is 10.5. The van der Waals surface area contributed by atoms with Gasteiger partial charge in [0.15, 0.2) is 0 Å². The lowest BCUT2D eigenvalue weighted by Gasteiger charge is -2.33. The third kappa shape index (κ3) is 6.56. The topological polar surface area (TPSA) is 134 Å². The maximum atomic E-state index is 13.3. The molecule has 1 unspecified atom stereocenters. The Kier molecular flexibility index (Phi) is 7.73. The van der Waals surface area contributed by atoms with Crippen molar-refractivity contribution in [2.45, 2.75) is 24.0 Å². The smallest absolute Gasteiger partial charge is 0.303 e. The first-order valence-corrected chi connectivity index (χ1v) is 11.1. The lowest BCUT2D eigenvalue weighted by molar-refractivity contribution is -0.144. The monoisotopic (exact) mass is 495 g/mol. The van der Waals surface area contributed by atoms with E-state index < -0.39 is 34.3 Å². The number of hydrogen-bond acceptors (Lipinski definition) is 5. The summed E-state index contributed by atoms with van der Waals surface area (Å²) < 4.78 is 0. The number of nitrogens with two attached hydrogens (primary N) is 1. The molecule has 9 nitrogen and oxygen atoms in total. The fourth-order valence-corrected chi connectivity index (χ4v) is 3.37. The number of allylic oxidation sites excluding steroid dienone is 2. The van der Waals surface area contributed by atoms with Gasteiger partial charge in [-0.15, -0.1) is 11.6 Å². The highest BCUT2D eigenvalue weighted by molar-refractivity contribution is 6.25. The van der Waals surface area contributed by atoms with Crippen LogP contribution in [0.2, 0.25) is 0 Å². The number of carbonyl (C=O) groups excluding carboxylic acids is 4. The molecule has 4 amide bonds. The van der Waals surface area contributed by atoms with E-state index in [2.05, 4.69) is 16.1 Å². The van der Waals surface area contributed by atoms with Gasteiger partial charge in [0.25, 0.3) is 23.5 Å². The van der Waals surface area contributed by atoms with Gasteiger partial charge in [0, 0.05) is 23.7 Å². The van der Waals surface area contributed by atoms with Crippen molar-refractivity contribution in [1.29, 1.82) is 0 Å². The SMILES string of the molecule is CN(NC(=O)C1=CCC(C)(Cl)C=C1)C(=O)C(N)(NC(=O)c1ccccc1)NC(=O)c1ccccc1. The average Bonchev–Trinajstić information content (AvgIpc) is 2.84. The van der Waals surface area contributed by atoms with E-state index in [1.807, 2.05) is 0 Å². The molecule has 0 fully saturated rings. The van der Waals surface area contributed by atoms with Crippen LogP contribution in [0.25, 0.3) is 0 Å². The Morgan fingerprint density at radius 3 is 1.83 bits per heavy atom. The van der Waals surface area contributed by atoms with Crippen LogP contribution in [0.3, 0.4) is 0 Å². The second-order valence-electron chi connectivity index (χ2n) is 8.23. The standard InChI is InChI=1S/C25H26ClN5O4/c1-24(26)15-13-19(14-16-24)22(34)30-31(2)23(35)25(27,28-20(32)17-9-5-3-6-10-17)29-21(33)18-11-7-4-8-12-18/h3-15H,16,27H2,1-2H3,(H,28,32)(H,29,33)(H,30,34). The second-order valence-corrected chi connectivity index (χ2v) is 9.09. The van der Waals surface area contributed by atoms with Gasteiger partial charge < -0.3 is 10.6 Å². The molecule has 5 N–H and O–H groups in total. The maximum Gasteiger partial charge on any atom is 0.303 e. The summed E-state index contributed by atoms with van der Waals surface area (Å²) in [5, 5.41) is 5.55. The summed E-state index contributed by atoms with van der Waals surface area (Å²) in [5.74, 6) is -5.35. The van der Waals surface area contributed by atoms with E-state index in [4.69, 9.17) is 17.3 Å². The summed E-state index contributed by atoms with van der Waals surface area (Å²) in [4.78, 5) is 51.0. The molecule has 2 aromatic carbocycles. The van der Waals surface area contributed by atoms with Crippen molar-refractivity contribution in [2.24, 2.45) is 5.73 Å². The molecule has 0 saturated carbocycles. The van der Waals surface area contributed by atoms with Crippen molar-refractivity contribution >= 4 is 35.2 Å². The third-order valence-electron chi connectivity index (χ3n) is 5.20. The molecule has 0 aromatic heterocycles. The molecule has 0 bridgehead atoms. The van der Waals surface area contributed by atoms with E-state index in [1.54, 1.807) is 61.5 Å². The van der Waals surface area contributed by atoms with Crippen molar-refractivity contribution in [3.05, 3.63) is 95.6 Å². The summed E-state index contributed by atoms with van der Waals surface area (Å²) >= 11 is 6.23. The number of rotatable bonds is 6. The van der Waals surface area contributed by atoms with Gasteiger partial charge in [-0.1, -0.05) is 54.6 Å². The zero-order valence-corrected chi connectivity index (χ0v) is 20.0. The minimum absolute atomic E-state index is 0.220. The highest BCUT2D eigenvalue weighted by Gasteiger charge is 2.41. The van der Waals surface area contributed by atoms with Gasteiger partial charge >= 0.3 is 5.91 Å². The quantitative estimate of drug-likeness (QED) is 0.275. The highest BCUT2D eigenvalue weighted by Crippen LogP contribution is 2.26. The Hall–Kier alpha value is -3.95. The van der Waals surface area contributed by atoms with Crippen LogP contribution in [0.1, 0.15) is 34.1 Å². The predicted molar refractivity (Wildman–Crippen MR) is 132 cm³/mol. The highest BCUT2D eigenvalue weighted by atomic mass is 35.5. The Bertz CT molecular complexity index is 1130. The van der Waals surface area contributed by atoms with Gasteiger partial charge in [-0.05, 0) is 37.6 Å². The first-order valence-electron chi connectivity index (χ1n) is 10.7. The van der Waals surface area contributed by atoms with Crippen LogP contribution in [-0.4, -0.2) is 46.3 Å². The van der Waals surface area contributed by atoms with Crippen LogP contribution in [0.5, 0.6) is 0 Å². The number of nitrogens with one attached hydrogen (secondary N) is 3. The summed E-state index contributed by atoms with van der Waals surface area (Å²) in [6, 6.07) is 16.1. The van der Waals surface area contributed by atoms with Gasteiger partial charge in [-0.2, -0.15) is 0 Å². The molecule has 182 valence electrons. The number of likely N-dealkylation sites (N-methyl/N-ethyl adjacent to an activating group) is 1. The molecule has 10 heteroatoms. The Morgan fingerprint density at radius 2 is 1.40 bits per heavy atom. The number of hydrazine groups is 1. The molecule has 1 aliphatic rings. The van der Waals surface area contributed by atoms with Gasteiger partial charge in [-0.3, -0.25) is 35.3 Å². The Morgan fingerprint density at radius 1 is 0.914 bits per heavy atom. The van der Waals surface area contributed by atoms with Gasteiger partial charge in [0.2, 0.25) is 0 Å². The molecule has 0 radical (unpaired) electrons. The summed E-state index contributed by atoms with van der Waals surface area (Å²) in [5.41, 5.74) is 9.40. The summed E-state index contributed by atoms with van der Waals surface area (Å²) in [6.45, 7) is 1.81. The van der Waals surface area contributed by atoms with Crippen LogP contribution in [-0.2, 0) is 9.59 Å². The molecular weight excluding hydrogens is 470 g/mol. The summed E-state index contributed by atoms with van der Waals surface area (Å²) in [7, 11) is 1.25. The first kappa shape index (κ1) is 25.7. The van der Waals surface area contributed by atoms with E-state index in [1.165, 1.54) is 31.3 Å². The Labute approximate surface area is 208 Å². The van der Waals surface area contributed by atoms with Crippen LogP contribution in [0.4, 0.5) is 0 Å². The van der Waals surface area contributed by atoms with Crippen molar-refractivity contribution in [2.75, 3.05) is 7.05 Å². The number of halogens is 1. The molecule has 1 atom stereocenters. The Balaban J connectivity index is 1.81. The molecule has 1 aliphatic carbocycles. The number of benzene rings is 2. The minimum Gasteiger partial charge on any atom is -0.309 e. The molecular formula is C25H26ClN5O4. The van der Waals surface area contributed by atoms with E-state index in [-0.39, 0.29) is 11.1 Å². The van der Waals surface area contributed by atoms with Crippen LogP contribution in [0.15, 0.2) is 84.5 Å². The number of nitrogens with zero attached hydrogens (tertiary/aromatic N) is 1. The minimum atomic E-state index is -2.38. The maximum absolute atomic E-state index is 13.3. The number of alkyl halides is 1. The molecule has 0 aliphatic heterocycles. The van der Waals surface area contributed by atoms with Gasteiger partial charge in [-0.25, -0.2) is 0 Å². The molecule has 2 aromatic rings. The van der Waals surface area contributed by atoms with E-state index >= 15 is 0 Å². The van der Waals surface area contributed by atoms with Gasteiger partial charge in [0.1, 0.15) is 0 Å². The normalized spacial score (nSPS) is 17.1. The molecule has 0 saturated heterocycles. The lowest BCUT2D eigenvalue weighted by Crippen LogP contribution is -2.75. The molecule has 35 heavy (non-hydrogen) atoms. The van der Waals surface area contributed by atoms with Gasteiger partial charge in [0.05, 0.1) is 4.87 Å². The molecule has 3 rings (SSSR count). The number of amides is 4. The number of hydrogen-bond donors (Lipinski definition) is 4. The summed E-state index contributed by atoms with van der Waals surface area (Å²) in [6.07, 6.45) is 5.30. The predicted octanol–water partition coefficient (Wildman–Crippen LogP) is 1.83. The molecule has 0 spiro atoms. The van der Waals surface area contributed by atoms with Crippen molar-refractivity contribution in [1.82, 2.24) is 21.1 Å². The zero-order valence-electron chi connectivity index (χ0n) is 19.2. The van der Waals surface area contributed by atoms with E-state index in [0.29, 0.717) is 12.0 Å². The van der Waals surface area contributed by atoms with Crippen molar-refractivity contribution in [3.63, 3.8) is 0 Å². The number of carbonyl (C=O) groups is 4. The molecule has 0 heterocycles. The van der Waals surface area contributed by atoms with Crippen molar-refractivity contribution in [3.8, 4) is 0 Å². The van der Waals surface area contributed by atoms with Crippen LogP contribution >= 0.6 is 11.6 Å². The largest absolute Gasteiger partial charge is 0.309 e. The average molecular weight is 496 g/mol. The zero-order chi connectivity index (χ0) is 25.6. The van der Waals surface area contributed by atoms with Crippen LogP contribution in [0, 0.1) is 0 Å². The lowest BCUT2D eigenvalue weighted by atomic mass is 9.97. The van der Waals surface area contributed by atoms with Crippen LogP contribution < -0.4 is 21.8 Å². The fourth-order valence-electron chi connectivity index (χ4n) is 3.23. The first-order chi connectivity index (χ1) is 16.5. The fraction of sp³-hybridized carbons (Fsp3) is 0.200. The van der Waals surface area contributed by atoms with E-state index in [9.17, 15) is 19.2 Å². The third-order valence-corrected chi connectivity index (χ3v) is 5.48. The van der Waals surface area contributed by atoms with E-state index in [0.717, 1.165) is 5.01 Å². The van der Waals surface area contributed by atoms with Crippen molar-refractivity contribution < 1.29 is 19.2 Å².